The van der Waals surface area contributed by atoms with Crippen LogP contribution < -0.4 is 10.0 Å². The zero-order chi connectivity index (χ0) is 15.3. The molecule has 2 aromatic rings. The Morgan fingerprint density at radius 3 is 2.76 bits per heavy atom. The molecule has 7 nitrogen and oxygen atoms in total. The Balaban J connectivity index is 1.90. The van der Waals surface area contributed by atoms with Crippen LogP contribution >= 0.6 is 11.3 Å². The van der Waals surface area contributed by atoms with Gasteiger partial charge >= 0.3 is 0 Å². The number of hydrogen-bond donors (Lipinski definition) is 2. The van der Waals surface area contributed by atoms with Gasteiger partial charge in [-0.3, -0.25) is 0 Å². The van der Waals surface area contributed by atoms with Crippen LogP contribution in [0.2, 0.25) is 0 Å². The van der Waals surface area contributed by atoms with Crippen LogP contribution in [0.15, 0.2) is 20.9 Å². The van der Waals surface area contributed by atoms with Gasteiger partial charge in [0, 0.05) is 24.8 Å². The van der Waals surface area contributed by atoms with E-state index in [1.54, 1.807) is 13.0 Å². The highest BCUT2D eigenvalue weighted by molar-refractivity contribution is 7.91. The van der Waals surface area contributed by atoms with E-state index >= 15 is 0 Å². The first-order valence-electron chi connectivity index (χ1n) is 6.53. The fraction of sp³-hybridized carbons (Fsp3) is 0.500. The highest BCUT2D eigenvalue weighted by Gasteiger charge is 2.16. The molecule has 116 valence electrons. The number of hydrogen-bond acceptors (Lipinski definition) is 7. The Morgan fingerprint density at radius 2 is 2.10 bits per heavy atom. The van der Waals surface area contributed by atoms with E-state index in [4.69, 9.17) is 4.52 Å². The van der Waals surface area contributed by atoms with Crippen molar-refractivity contribution >= 4 is 21.4 Å². The zero-order valence-corrected chi connectivity index (χ0v) is 13.6. The maximum absolute atomic E-state index is 12.1. The lowest BCUT2D eigenvalue weighted by Gasteiger charge is -2.02. The lowest BCUT2D eigenvalue weighted by molar-refractivity contribution is 0.387. The van der Waals surface area contributed by atoms with Crippen LogP contribution in [0.5, 0.6) is 0 Å². The van der Waals surface area contributed by atoms with Crippen molar-refractivity contribution in [2.75, 3.05) is 20.1 Å². The Bertz CT molecular complexity index is 678. The van der Waals surface area contributed by atoms with Gasteiger partial charge in [0.25, 0.3) is 0 Å². The number of sulfonamides is 1. The van der Waals surface area contributed by atoms with Crippen LogP contribution in [0.3, 0.4) is 0 Å². The molecule has 2 heterocycles. The van der Waals surface area contributed by atoms with Gasteiger partial charge in [-0.1, -0.05) is 5.16 Å². The topological polar surface area (TPSA) is 97.1 Å². The highest BCUT2D eigenvalue weighted by atomic mass is 32.2. The van der Waals surface area contributed by atoms with Gasteiger partial charge in [-0.2, -0.15) is 4.98 Å². The lowest BCUT2D eigenvalue weighted by atomic mass is 10.3. The van der Waals surface area contributed by atoms with Crippen molar-refractivity contribution < 1.29 is 12.9 Å². The predicted octanol–water partition coefficient (Wildman–Crippen LogP) is 0.722. The molecule has 2 N–H and O–H groups in total. The van der Waals surface area contributed by atoms with E-state index in [1.807, 2.05) is 13.1 Å². The monoisotopic (exact) mass is 330 g/mol. The van der Waals surface area contributed by atoms with E-state index in [-0.39, 0.29) is 6.54 Å². The molecule has 0 aliphatic rings. The fourth-order valence-electron chi connectivity index (χ4n) is 1.70. The first kappa shape index (κ1) is 16.1. The molecule has 21 heavy (non-hydrogen) atoms. The Hall–Kier alpha value is -1.29. The van der Waals surface area contributed by atoms with Crippen LogP contribution in [0.25, 0.3) is 0 Å². The molecule has 0 saturated carbocycles. The normalized spacial score (nSPS) is 11.9. The maximum Gasteiger partial charge on any atom is 0.250 e. The molecule has 0 saturated heterocycles. The van der Waals surface area contributed by atoms with E-state index in [0.717, 1.165) is 17.8 Å². The van der Waals surface area contributed by atoms with Crippen LogP contribution in [-0.4, -0.2) is 38.7 Å². The molecule has 2 rings (SSSR count). The Labute approximate surface area is 127 Å². The molecule has 0 atom stereocenters. The van der Waals surface area contributed by atoms with E-state index < -0.39 is 10.0 Å². The van der Waals surface area contributed by atoms with Crippen molar-refractivity contribution in [3.63, 3.8) is 0 Å². The third-order valence-electron chi connectivity index (χ3n) is 2.73. The molecule has 0 bridgehead atoms. The summed E-state index contributed by atoms with van der Waals surface area (Å²) in [6, 6.07) is 3.48. The molecular weight excluding hydrogens is 312 g/mol. The number of rotatable bonds is 8. The van der Waals surface area contributed by atoms with Gasteiger partial charge in [0.1, 0.15) is 4.21 Å². The van der Waals surface area contributed by atoms with Crippen LogP contribution in [0.1, 0.15) is 16.6 Å². The number of aryl methyl sites for hydroxylation is 1. The number of aromatic nitrogens is 2. The summed E-state index contributed by atoms with van der Waals surface area (Å²) in [6.07, 6.45) is 1.22. The molecule has 0 amide bonds. The Kier molecular flexibility index (Phi) is 5.45. The summed E-state index contributed by atoms with van der Waals surface area (Å²) in [6.45, 7) is 2.76. The van der Waals surface area contributed by atoms with Crippen molar-refractivity contribution in [3.8, 4) is 0 Å². The molecule has 0 aliphatic heterocycles. The number of nitrogens with zero attached hydrogens (tertiary/aromatic N) is 2. The molecule has 0 spiro atoms. The minimum absolute atomic E-state index is 0.241. The van der Waals surface area contributed by atoms with Gasteiger partial charge in [0.05, 0.1) is 0 Å². The average Bonchev–Trinajstić information content (AvgIpc) is 3.06. The summed E-state index contributed by atoms with van der Waals surface area (Å²) >= 11 is 1.29. The quantitative estimate of drug-likeness (QED) is 0.740. The fourth-order valence-corrected chi connectivity index (χ4v) is 4.13. The minimum atomic E-state index is -3.47. The van der Waals surface area contributed by atoms with Gasteiger partial charge < -0.3 is 9.84 Å². The maximum atomic E-state index is 12.1. The van der Waals surface area contributed by atoms with Gasteiger partial charge in [-0.05, 0) is 32.1 Å². The number of likely N-dealkylation sites (N-methyl/N-ethyl adjacent to an activating group) is 1. The van der Waals surface area contributed by atoms with E-state index in [2.05, 4.69) is 20.2 Å². The second-order valence-electron chi connectivity index (χ2n) is 4.45. The standard InChI is InChI=1S/C12H18N4O3S2/c1-9-15-11(16-19-9)6-8-14-21(17,18)12-4-3-10(20-12)5-7-13-2/h3-4,13-14H,5-8H2,1-2H3. The van der Waals surface area contributed by atoms with Crippen molar-refractivity contribution in [1.29, 1.82) is 0 Å². The van der Waals surface area contributed by atoms with Crippen LogP contribution in [0.4, 0.5) is 0 Å². The molecule has 9 heteroatoms. The summed E-state index contributed by atoms with van der Waals surface area (Å²) in [5.74, 6) is 0.969. The second-order valence-corrected chi connectivity index (χ2v) is 7.61. The average molecular weight is 330 g/mol. The summed E-state index contributed by atoms with van der Waals surface area (Å²) in [7, 11) is -1.60. The van der Waals surface area contributed by atoms with Gasteiger partial charge in [0.2, 0.25) is 15.9 Å². The molecule has 0 aliphatic carbocycles. The lowest BCUT2D eigenvalue weighted by Crippen LogP contribution is -2.25. The molecular formula is C12H18N4O3S2. The smallest absolute Gasteiger partial charge is 0.250 e. The van der Waals surface area contributed by atoms with Crippen molar-refractivity contribution in [2.45, 2.75) is 24.0 Å². The minimum Gasteiger partial charge on any atom is -0.340 e. The molecule has 2 aromatic heterocycles. The molecule has 0 radical (unpaired) electrons. The SMILES string of the molecule is CNCCc1ccc(S(=O)(=O)NCCc2noc(C)n2)s1. The third kappa shape index (κ3) is 4.60. The van der Waals surface area contributed by atoms with Gasteiger partial charge in [-0.25, -0.2) is 13.1 Å². The van der Waals surface area contributed by atoms with Crippen LogP contribution in [-0.2, 0) is 22.9 Å². The Morgan fingerprint density at radius 1 is 1.29 bits per heavy atom. The second kappa shape index (κ2) is 7.12. The summed E-state index contributed by atoms with van der Waals surface area (Å²) in [4.78, 5) is 5.06. The largest absolute Gasteiger partial charge is 0.340 e. The van der Waals surface area contributed by atoms with Gasteiger partial charge in [-0.15, -0.1) is 11.3 Å². The first-order valence-corrected chi connectivity index (χ1v) is 8.83. The highest BCUT2D eigenvalue weighted by Crippen LogP contribution is 2.21. The predicted molar refractivity (Wildman–Crippen MR) is 79.9 cm³/mol. The van der Waals surface area contributed by atoms with Crippen LogP contribution in [0, 0.1) is 6.92 Å². The zero-order valence-electron chi connectivity index (χ0n) is 11.9. The third-order valence-corrected chi connectivity index (χ3v) is 5.83. The molecule has 0 fully saturated rings. The van der Waals surface area contributed by atoms with Crippen molar-refractivity contribution in [1.82, 2.24) is 20.2 Å². The van der Waals surface area contributed by atoms with Gasteiger partial charge in [0.15, 0.2) is 5.82 Å². The summed E-state index contributed by atoms with van der Waals surface area (Å²) in [5, 5.41) is 6.76. The van der Waals surface area contributed by atoms with E-state index in [0.29, 0.717) is 22.3 Å². The number of nitrogens with one attached hydrogen (secondary N) is 2. The molecule has 0 unspecified atom stereocenters. The van der Waals surface area contributed by atoms with E-state index in [9.17, 15) is 8.42 Å². The number of thiophene rings is 1. The van der Waals surface area contributed by atoms with Crippen molar-refractivity contribution in [2.24, 2.45) is 0 Å². The first-order chi connectivity index (χ1) is 10.0. The summed E-state index contributed by atoms with van der Waals surface area (Å²) in [5.41, 5.74) is 0. The van der Waals surface area contributed by atoms with E-state index in [1.165, 1.54) is 11.3 Å². The molecule has 0 aromatic carbocycles. The van der Waals surface area contributed by atoms with Crippen molar-refractivity contribution in [3.05, 3.63) is 28.7 Å². The summed E-state index contributed by atoms with van der Waals surface area (Å²) < 4.78 is 32.0.